The first-order valence-electron chi connectivity index (χ1n) is 7.61. The lowest BCUT2D eigenvalue weighted by Crippen LogP contribution is -2.45. The Kier molecular flexibility index (Phi) is 5.98. The van der Waals surface area contributed by atoms with E-state index in [9.17, 15) is 0 Å². The van der Waals surface area contributed by atoms with Gasteiger partial charge in [0.2, 0.25) is 0 Å². The van der Waals surface area contributed by atoms with Crippen LogP contribution in [0.5, 0.6) is 0 Å². The van der Waals surface area contributed by atoms with E-state index in [2.05, 4.69) is 37.9 Å². The molecular weight excluding hydrogens is 286 g/mol. The summed E-state index contributed by atoms with van der Waals surface area (Å²) in [5.41, 5.74) is 1.05. The number of nitrogens with zero attached hydrogens (tertiary/aromatic N) is 2. The number of anilines is 1. The standard InChI is InChI=1S/C15H27N3O2S/c1-10(2)16-6-14-13(9-19-5)17-15(21-14)18-7-11(3)20-12(4)8-18/h10-12,16H,6-9H2,1-5H3. The molecular formula is C15H27N3O2S. The first-order chi connectivity index (χ1) is 9.99. The van der Waals surface area contributed by atoms with E-state index in [4.69, 9.17) is 14.5 Å². The molecule has 120 valence electrons. The van der Waals surface area contributed by atoms with Gasteiger partial charge in [0.25, 0.3) is 0 Å². The first kappa shape index (κ1) is 16.7. The van der Waals surface area contributed by atoms with Gasteiger partial charge in [-0.15, -0.1) is 11.3 Å². The summed E-state index contributed by atoms with van der Waals surface area (Å²) < 4.78 is 11.1. The molecule has 1 fully saturated rings. The van der Waals surface area contributed by atoms with Crippen molar-refractivity contribution in [1.29, 1.82) is 0 Å². The monoisotopic (exact) mass is 313 g/mol. The molecule has 0 saturated carbocycles. The largest absolute Gasteiger partial charge is 0.378 e. The molecule has 21 heavy (non-hydrogen) atoms. The Labute approximate surface area is 131 Å². The van der Waals surface area contributed by atoms with Gasteiger partial charge in [-0.3, -0.25) is 0 Å². The van der Waals surface area contributed by atoms with Crippen molar-refractivity contribution in [2.24, 2.45) is 0 Å². The van der Waals surface area contributed by atoms with Crippen LogP contribution in [0.3, 0.4) is 0 Å². The van der Waals surface area contributed by atoms with Crippen molar-refractivity contribution >= 4 is 16.5 Å². The zero-order valence-corrected chi connectivity index (χ0v) is 14.5. The zero-order chi connectivity index (χ0) is 15.4. The van der Waals surface area contributed by atoms with Gasteiger partial charge in [0, 0.05) is 37.7 Å². The maximum Gasteiger partial charge on any atom is 0.186 e. The van der Waals surface area contributed by atoms with Gasteiger partial charge < -0.3 is 19.7 Å². The summed E-state index contributed by atoms with van der Waals surface area (Å²) in [6.07, 6.45) is 0.501. The van der Waals surface area contributed by atoms with Crippen LogP contribution in [0, 0.1) is 0 Å². The van der Waals surface area contributed by atoms with Crippen molar-refractivity contribution in [3.63, 3.8) is 0 Å². The summed E-state index contributed by atoms with van der Waals surface area (Å²) in [4.78, 5) is 8.40. The molecule has 1 N–H and O–H groups in total. The number of methoxy groups -OCH3 is 1. The van der Waals surface area contributed by atoms with Crippen molar-refractivity contribution in [3.8, 4) is 0 Å². The third kappa shape index (κ3) is 4.64. The Bertz CT molecular complexity index is 440. The maximum absolute atomic E-state index is 5.80. The van der Waals surface area contributed by atoms with Gasteiger partial charge in [-0.1, -0.05) is 13.8 Å². The minimum Gasteiger partial charge on any atom is -0.378 e. The average Bonchev–Trinajstić information content (AvgIpc) is 2.79. The number of thiazole rings is 1. The van der Waals surface area contributed by atoms with Gasteiger partial charge in [-0.2, -0.15) is 0 Å². The van der Waals surface area contributed by atoms with Crippen molar-refractivity contribution in [2.45, 2.75) is 59.1 Å². The predicted octanol–water partition coefficient (Wildman–Crippen LogP) is 2.40. The highest BCUT2D eigenvalue weighted by Crippen LogP contribution is 2.29. The summed E-state index contributed by atoms with van der Waals surface area (Å²) in [6.45, 7) is 11.8. The molecule has 1 aromatic rings. The van der Waals surface area contributed by atoms with Crippen LogP contribution in [0.2, 0.25) is 0 Å². The molecule has 0 amide bonds. The smallest absolute Gasteiger partial charge is 0.186 e. The average molecular weight is 313 g/mol. The third-order valence-electron chi connectivity index (χ3n) is 3.41. The summed E-state index contributed by atoms with van der Waals surface area (Å²) in [7, 11) is 1.72. The van der Waals surface area contributed by atoms with Gasteiger partial charge in [0.1, 0.15) is 0 Å². The molecule has 6 heteroatoms. The number of morpholine rings is 1. The van der Waals surface area contributed by atoms with Gasteiger partial charge >= 0.3 is 0 Å². The molecule has 0 spiro atoms. The highest BCUT2D eigenvalue weighted by Gasteiger charge is 2.25. The summed E-state index contributed by atoms with van der Waals surface area (Å²) >= 11 is 1.77. The Hall–Kier alpha value is -0.690. The van der Waals surface area contributed by atoms with E-state index in [0.29, 0.717) is 12.6 Å². The molecule has 0 aliphatic carbocycles. The van der Waals surface area contributed by atoms with Crippen LogP contribution in [-0.2, 0) is 22.6 Å². The fourth-order valence-electron chi connectivity index (χ4n) is 2.52. The molecule has 1 aliphatic rings. The highest BCUT2D eigenvalue weighted by molar-refractivity contribution is 7.15. The fraction of sp³-hybridized carbons (Fsp3) is 0.800. The molecule has 0 bridgehead atoms. The van der Waals surface area contributed by atoms with Crippen LogP contribution in [-0.4, -0.2) is 43.4 Å². The van der Waals surface area contributed by atoms with Gasteiger partial charge in [0.05, 0.1) is 24.5 Å². The third-order valence-corrected chi connectivity index (χ3v) is 4.57. The fourth-order valence-corrected chi connectivity index (χ4v) is 3.56. The van der Waals surface area contributed by atoms with Crippen LogP contribution in [0.1, 0.15) is 38.3 Å². The minimum absolute atomic E-state index is 0.251. The van der Waals surface area contributed by atoms with Gasteiger partial charge in [0.15, 0.2) is 5.13 Å². The maximum atomic E-state index is 5.80. The van der Waals surface area contributed by atoms with Crippen molar-refractivity contribution in [3.05, 3.63) is 10.6 Å². The second-order valence-corrected chi connectivity index (χ2v) is 7.06. The molecule has 1 aliphatic heterocycles. The Morgan fingerprint density at radius 2 is 2.05 bits per heavy atom. The predicted molar refractivity (Wildman–Crippen MR) is 87.0 cm³/mol. The number of nitrogens with one attached hydrogen (secondary N) is 1. The highest BCUT2D eigenvalue weighted by atomic mass is 32.1. The number of hydrogen-bond donors (Lipinski definition) is 1. The van der Waals surface area contributed by atoms with Gasteiger partial charge in [-0.05, 0) is 13.8 Å². The zero-order valence-electron chi connectivity index (χ0n) is 13.7. The van der Waals surface area contributed by atoms with Crippen LogP contribution >= 0.6 is 11.3 Å². The second-order valence-electron chi connectivity index (χ2n) is 6.00. The van der Waals surface area contributed by atoms with Crippen molar-refractivity contribution in [2.75, 3.05) is 25.1 Å². The normalized spacial score (nSPS) is 23.0. The lowest BCUT2D eigenvalue weighted by molar-refractivity contribution is -0.00524. The molecule has 1 saturated heterocycles. The van der Waals surface area contributed by atoms with Crippen LogP contribution in [0.25, 0.3) is 0 Å². The molecule has 2 rings (SSSR count). The van der Waals surface area contributed by atoms with Crippen LogP contribution in [0.15, 0.2) is 0 Å². The molecule has 2 atom stereocenters. The van der Waals surface area contributed by atoms with Crippen molar-refractivity contribution < 1.29 is 9.47 Å². The molecule has 2 unspecified atom stereocenters. The lowest BCUT2D eigenvalue weighted by Gasteiger charge is -2.35. The van der Waals surface area contributed by atoms with E-state index in [0.717, 1.165) is 30.5 Å². The van der Waals surface area contributed by atoms with E-state index in [-0.39, 0.29) is 12.2 Å². The van der Waals surface area contributed by atoms with E-state index in [1.54, 1.807) is 18.4 Å². The first-order valence-corrected chi connectivity index (χ1v) is 8.42. The topological polar surface area (TPSA) is 46.6 Å². The molecule has 0 radical (unpaired) electrons. The van der Waals surface area contributed by atoms with Crippen molar-refractivity contribution in [1.82, 2.24) is 10.3 Å². The van der Waals surface area contributed by atoms with Gasteiger partial charge in [-0.25, -0.2) is 4.98 Å². The summed E-state index contributed by atoms with van der Waals surface area (Å²) in [6, 6.07) is 0.467. The molecule has 2 heterocycles. The van der Waals surface area contributed by atoms with E-state index >= 15 is 0 Å². The van der Waals surface area contributed by atoms with E-state index in [1.165, 1.54) is 4.88 Å². The molecule has 1 aromatic heterocycles. The second kappa shape index (κ2) is 7.54. The number of aromatic nitrogens is 1. The quantitative estimate of drug-likeness (QED) is 0.874. The SMILES string of the molecule is COCc1nc(N2CC(C)OC(C)C2)sc1CNC(C)C. The van der Waals surface area contributed by atoms with E-state index < -0.39 is 0 Å². The Morgan fingerprint density at radius 3 is 2.62 bits per heavy atom. The Morgan fingerprint density at radius 1 is 1.38 bits per heavy atom. The van der Waals surface area contributed by atoms with E-state index in [1.807, 2.05) is 0 Å². The minimum atomic E-state index is 0.251. The number of hydrogen-bond acceptors (Lipinski definition) is 6. The summed E-state index contributed by atoms with van der Waals surface area (Å²) in [5.74, 6) is 0. The summed E-state index contributed by atoms with van der Waals surface area (Å²) in [5, 5.41) is 4.55. The Balaban J connectivity index is 2.13. The lowest BCUT2D eigenvalue weighted by atomic mass is 10.2. The van der Waals surface area contributed by atoms with Crippen LogP contribution < -0.4 is 10.2 Å². The molecule has 0 aromatic carbocycles. The number of ether oxygens (including phenoxy) is 2. The van der Waals surface area contributed by atoms with Crippen LogP contribution in [0.4, 0.5) is 5.13 Å². The number of rotatable bonds is 6. The molecule has 5 nitrogen and oxygen atoms in total.